The molecule has 1 saturated heterocycles. The SMILES string of the molecule is CN=C(NCc1cc(C(C)C)no1)N1CCN(c2ncccn2)CC1.I. The second-order valence-electron chi connectivity index (χ2n) is 6.30. The van der Waals surface area contributed by atoms with E-state index in [4.69, 9.17) is 4.52 Å². The molecule has 0 aromatic carbocycles. The molecule has 1 aliphatic heterocycles. The third kappa shape index (κ3) is 5.05. The van der Waals surface area contributed by atoms with Crippen LogP contribution < -0.4 is 10.2 Å². The molecule has 3 rings (SSSR count). The maximum atomic E-state index is 5.37. The minimum Gasteiger partial charge on any atom is -0.359 e. The van der Waals surface area contributed by atoms with Gasteiger partial charge in [0.25, 0.3) is 0 Å². The predicted molar refractivity (Wildman–Crippen MR) is 112 cm³/mol. The molecule has 0 amide bonds. The van der Waals surface area contributed by atoms with Crippen LogP contribution in [0, 0.1) is 0 Å². The third-order valence-corrected chi connectivity index (χ3v) is 4.22. The van der Waals surface area contributed by atoms with Gasteiger partial charge in [0.2, 0.25) is 5.95 Å². The standard InChI is InChI=1S/C17H25N7O.HI/c1-13(2)15-11-14(25-22-15)12-21-16(18-3)23-7-9-24(10-8-23)17-19-5-4-6-20-17;/h4-6,11,13H,7-10,12H2,1-3H3,(H,18,21);1H. The lowest BCUT2D eigenvalue weighted by atomic mass is 10.1. The highest BCUT2D eigenvalue weighted by molar-refractivity contribution is 14.0. The first kappa shape index (κ1) is 20.4. The van der Waals surface area contributed by atoms with Crippen molar-refractivity contribution >= 4 is 35.9 Å². The molecule has 0 radical (unpaired) electrons. The first-order valence-corrected chi connectivity index (χ1v) is 8.60. The summed E-state index contributed by atoms with van der Waals surface area (Å²) in [6.07, 6.45) is 3.55. The maximum absolute atomic E-state index is 5.37. The molecule has 0 saturated carbocycles. The fourth-order valence-electron chi connectivity index (χ4n) is 2.76. The van der Waals surface area contributed by atoms with E-state index in [0.29, 0.717) is 12.5 Å². The molecule has 2 aromatic heterocycles. The van der Waals surface area contributed by atoms with Gasteiger partial charge in [0.1, 0.15) is 0 Å². The van der Waals surface area contributed by atoms with E-state index in [1.807, 2.05) is 12.1 Å². The monoisotopic (exact) mass is 471 g/mol. The van der Waals surface area contributed by atoms with Gasteiger partial charge in [-0.15, -0.1) is 24.0 Å². The molecule has 0 atom stereocenters. The number of nitrogens with one attached hydrogen (secondary N) is 1. The van der Waals surface area contributed by atoms with Crippen LogP contribution in [0.4, 0.5) is 5.95 Å². The molecule has 0 bridgehead atoms. The van der Waals surface area contributed by atoms with Crippen molar-refractivity contribution in [3.05, 3.63) is 36.0 Å². The highest BCUT2D eigenvalue weighted by atomic mass is 127. The number of guanidine groups is 1. The summed E-state index contributed by atoms with van der Waals surface area (Å²) in [4.78, 5) is 17.4. The summed E-state index contributed by atoms with van der Waals surface area (Å²) < 4.78 is 5.37. The van der Waals surface area contributed by atoms with Crippen LogP contribution >= 0.6 is 24.0 Å². The summed E-state index contributed by atoms with van der Waals surface area (Å²) >= 11 is 0. The maximum Gasteiger partial charge on any atom is 0.225 e. The number of rotatable bonds is 4. The van der Waals surface area contributed by atoms with Crippen molar-refractivity contribution in [3.8, 4) is 0 Å². The Labute approximate surface area is 171 Å². The Morgan fingerprint density at radius 2 is 1.92 bits per heavy atom. The fourth-order valence-corrected chi connectivity index (χ4v) is 2.76. The second-order valence-corrected chi connectivity index (χ2v) is 6.30. The molecule has 9 heteroatoms. The zero-order valence-electron chi connectivity index (χ0n) is 15.4. The molecule has 0 spiro atoms. The van der Waals surface area contributed by atoms with Gasteiger partial charge in [-0.3, -0.25) is 4.99 Å². The number of anilines is 1. The summed E-state index contributed by atoms with van der Waals surface area (Å²) in [6, 6.07) is 3.83. The van der Waals surface area contributed by atoms with Crippen LogP contribution in [0.1, 0.15) is 31.2 Å². The number of halogens is 1. The van der Waals surface area contributed by atoms with E-state index < -0.39 is 0 Å². The molecule has 0 unspecified atom stereocenters. The predicted octanol–water partition coefficient (Wildman–Crippen LogP) is 2.10. The van der Waals surface area contributed by atoms with Gasteiger partial charge >= 0.3 is 0 Å². The molecule has 142 valence electrons. The van der Waals surface area contributed by atoms with E-state index in [9.17, 15) is 0 Å². The highest BCUT2D eigenvalue weighted by Crippen LogP contribution is 2.14. The van der Waals surface area contributed by atoms with Gasteiger partial charge in [-0.1, -0.05) is 19.0 Å². The van der Waals surface area contributed by atoms with E-state index in [0.717, 1.165) is 49.5 Å². The summed E-state index contributed by atoms with van der Waals surface area (Å²) in [6.45, 7) is 8.24. The molecule has 26 heavy (non-hydrogen) atoms. The van der Waals surface area contributed by atoms with Gasteiger partial charge in [-0.05, 0) is 12.0 Å². The van der Waals surface area contributed by atoms with Crippen molar-refractivity contribution in [2.75, 3.05) is 38.1 Å². The molecule has 8 nitrogen and oxygen atoms in total. The molecule has 2 aromatic rings. The van der Waals surface area contributed by atoms with Gasteiger partial charge in [-0.25, -0.2) is 9.97 Å². The molecular weight excluding hydrogens is 445 g/mol. The number of nitrogens with zero attached hydrogens (tertiary/aromatic N) is 6. The van der Waals surface area contributed by atoms with Crippen molar-refractivity contribution in [1.82, 2.24) is 25.3 Å². The van der Waals surface area contributed by atoms with Crippen LogP contribution in [-0.4, -0.2) is 59.2 Å². The van der Waals surface area contributed by atoms with Crippen LogP contribution in [0.25, 0.3) is 0 Å². The first-order chi connectivity index (χ1) is 12.2. The quantitative estimate of drug-likeness (QED) is 0.416. The van der Waals surface area contributed by atoms with Gasteiger partial charge < -0.3 is 19.6 Å². The number of aliphatic imine (C=N–C) groups is 1. The van der Waals surface area contributed by atoms with Crippen molar-refractivity contribution in [2.45, 2.75) is 26.3 Å². The Kier molecular flexibility index (Phi) is 7.61. The van der Waals surface area contributed by atoms with Crippen LogP contribution in [0.3, 0.4) is 0 Å². The van der Waals surface area contributed by atoms with E-state index >= 15 is 0 Å². The largest absolute Gasteiger partial charge is 0.359 e. The molecule has 0 aliphatic carbocycles. The summed E-state index contributed by atoms with van der Waals surface area (Å²) in [5.74, 6) is 2.84. The Morgan fingerprint density at radius 1 is 1.23 bits per heavy atom. The summed E-state index contributed by atoms with van der Waals surface area (Å²) in [5.41, 5.74) is 0.975. The topological polar surface area (TPSA) is 82.7 Å². The number of piperazine rings is 1. The Hall–Kier alpha value is -1.91. The Morgan fingerprint density at radius 3 is 2.50 bits per heavy atom. The van der Waals surface area contributed by atoms with Crippen molar-refractivity contribution in [1.29, 1.82) is 0 Å². The number of aromatic nitrogens is 3. The van der Waals surface area contributed by atoms with E-state index in [-0.39, 0.29) is 24.0 Å². The molecule has 3 heterocycles. The fraction of sp³-hybridized carbons (Fsp3) is 0.529. The Balaban J connectivity index is 0.00000243. The first-order valence-electron chi connectivity index (χ1n) is 8.60. The van der Waals surface area contributed by atoms with Gasteiger partial charge in [0.15, 0.2) is 11.7 Å². The Bertz CT molecular complexity index is 696. The van der Waals surface area contributed by atoms with E-state index in [1.54, 1.807) is 19.4 Å². The van der Waals surface area contributed by atoms with Crippen molar-refractivity contribution in [2.24, 2.45) is 4.99 Å². The van der Waals surface area contributed by atoms with Crippen LogP contribution in [0.15, 0.2) is 34.0 Å². The second kappa shape index (κ2) is 9.70. The minimum absolute atomic E-state index is 0. The lowest BCUT2D eigenvalue weighted by molar-refractivity contribution is 0.354. The molecular formula is C17H26IN7O. The van der Waals surface area contributed by atoms with Gasteiger partial charge in [0.05, 0.1) is 12.2 Å². The number of hydrogen-bond donors (Lipinski definition) is 1. The molecule has 1 fully saturated rings. The third-order valence-electron chi connectivity index (χ3n) is 4.22. The van der Waals surface area contributed by atoms with Crippen molar-refractivity contribution < 1.29 is 4.52 Å². The van der Waals surface area contributed by atoms with E-state index in [1.165, 1.54) is 0 Å². The zero-order chi connectivity index (χ0) is 17.6. The normalized spacial score (nSPS) is 15.2. The lowest BCUT2D eigenvalue weighted by Gasteiger charge is -2.36. The van der Waals surface area contributed by atoms with Crippen LogP contribution in [0.2, 0.25) is 0 Å². The van der Waals surface area contributed by atoms with Gasteiger partial charge in [0, 0.05) is 51.7 Å². The highest BCUT2D eigenvalue weighted by Gasteiger charge is 2.21. The summed E-state index contributed by atoms with van der Waals surface area (Å²) in [5, 5.41) is 7.44. The molecule has 1 aliphatic rings. The smallest absolute Gasteiger partial charge is 0.225 e. The van der Waals surface area contributed by atoms with Gasteiger partial charge in [-0.2, -0.15) is 0 Å². The van der Waals surface area contributed by atoms with Crippen molar-refractivity contribution in [3.63, 3.8) is 0 Å². The average molecular weight is 471 g/mol. The van der Waals surface area contributed by atoms with E-state index in [2.05, 4.69) is 49.1 Å². The lowest BCUT2D eigenvalue weighted by Crippen LogP contribution is -2.52. The summed E-state index contributed by atoms with van der Waals surface area (Å²) in [7, 11) is 1.80. The number of hydrogen-bond acceptors (Lipinski definition) is 6. The minimum atomic E-state index is 0. The van der Waals surface area contributed by atoms with Crippen LogP contribution in [-0.2, 0) is 6.54 Å². The zero-order valence-corrected chi connectivity index (χ0v) is 17.8. The van der Waals surface area contributed by atoms with Crippen LogP contribution in [0.5, 0.6) is 0 Å². The average Bonchev–Trinajstić information content (AvgIpc) is 3.13. The molecule has 1 N–H and O–H groups in total.